The Balaban J connectivity index is 2.46. The molecule has 0 radical (unpaired) electrons. The summed E-state index contributed by atoms with van der Waals surface area (Å²) < 4.78 is 0. The molecule has 1 aliphatic carbocycles. The maximum absolute atomic E-state index is 11.9. The molecule has 0 bridgehead atoms. The SMILES string of the molecule is CC[C@H](NC(=O)C1CCCCCC1)C(=O)O. The van der Waals surface area contributed by atoms with Crippen molar-refractivity contribution in [1.29, 1.82) is 0 Å². The molecule has 1 atom stereocenters. The van der Waals surface area contributed by atoms with Crippen LogP contribution in [-0.4, -0.2) is 23.0 Å². The molecule has 92 valence electrons. The quantitative estimate of drug-likeness (QED) is 0.721. The van der Waals surface area contributed by atoms with Crippen molar-refractivity contribution < 1.29 is 14.7 Å². The van der Waals surface area contributed by atoms with Gasteiger partial charge in [-0.3, -0.25) is 4.79 Å². The first kappa shape index (κ1) is 13.0. The predicted octanol–water partition coefficient (Wildman–Crippen LogP) is 1.94. The van der Waals surface area contributed by atoms with E-state index in [1.54, 1.807) is 6.92 Å². The lowest BCUT2D eigenvalue weighted by atomic mass is 9.99. The minimum Gasteiger partial charge on any atom is -0.480 e. The lowest BCUT2D eigenvalue weighted by molar-refractivity contribution is -0.142. The number of carbonyl (C=O) groups excluding carboxylic acids is 1. The molecule has 1 rings (SSSR count). The van der Waals surface area contributed by atoms with Gasteiger partial charge in [-0.05, 0) is 19.3 Å². The van der Waals surface area contributed by atoms with E-state index in [-0.39, 0.29) is 11.8 Å². The van der Waals surface area contributed by atoms with Gasteiger partial charge in [-0.15, -0.1) is 0 Å². The van der Waals surface area contributed by atoms with Gasteiger partial charge < -0.3 is 10.4 Å². The summed E-state index contributed by atoms with van der Waals surface area (Å²) >= 11 is 0. The molecule has 0 aromatic rings. The second-order valence-corrected chi connectivity index (χ2v) is 4.50. The molecule has 0 spiro atoms. The number of nitrogens with one attached hydrogen (secondary N) is 1. The molecule has 4 heteroatoms. The van der Waals surface area contributed by atoms with Crippen molar-refractivity contribution in [3.05, 3.63) is 0 Å². The van der Waals surface area contributed by atoms with Crippen molar-refractivity contribution >= 4 is 11.9 Å². The zero-order chi connectivity index (χ0) is 12.0. The lowest BCUT2D eigenvalue weighted by Gasteiger charge is -2.17. The van der Waals surface area contributed by atoms with Crippen molar-refractivity contribution in [2.24, 2.45) is 5.92 Å². The fraction of sp³-hybridized carbons (Fsp3) is 0.833. The molecule has 0 aliphatic heterocycles. The van der Waals surface area contributed by atoms with Crippen LogP contribution >= 0.6 is 0 Å². The van der Waals surface area contributed by atoms with Crippen LogP contribution < -0.4 is 5.32 Å². The van der Waals surface area contributed by atoms with Crippen LogP contribution in [0.1, 0.15) is 51.9 Å². The van der Waals surface area contributed by atoms with E-state index in [0.29, 0.717) is 6.42 Å². The smallest absolute Gasteiger partial charge is 0.326 e. The highest BCUT2D eigenvalue weighted by Gasteiger charge is 2.24. The van der Waals surface area contributed by atoms with Crippen LogP contribution in [0.4, 0.5) is 0 Å². The molecule has 0 aromatic carbocycles. The highest BCUT2D eigenvalue weighted by molar-refractivity contribution is 5.84. The summed E-state index contributed by atoms with van der Waals surface area (Å²) in [7, 11) is 0. The van der Waals surface area contributed by atoms with Gasteiger partial charge in [0.1, 0.15) is 6.04 Å². The van der Waals surface area contributed by atoms with Gasteiger partial charge >= 0.3 is 5.97 Å². The van der Waals surface area contributed by atoms with Crippen molar-refractivity contribution in [3.63, 3.8) is 0 Å². The minimum absolute atomic E-state index is 0.0240. The van der Waals surface area contributed by atoms with Gasteiger partial charge in [0, 0.05) is 5.92 Å². The number of aliphatic carboxylic acids is 1. The zero-order valence-corrected chi connectivity index (χ0v) is 9.87. The molecule has 0 aromatic heterocycles. The molecule has 0 heterocycles. The van der Waals surface area contributed by atoms with Crippen LogP contribution in [-0.2, 0) is 9.59 Å². The van der Waals surface area contributed by atoms with E-state index in [2.05, 4.69) is 5.32 Å². The Hall–Kier alpha value is -1.06. The first-order chi connectivity index (χ1) is 7.65. The molecular formula is C12H21NO3. The van der Waals surface area contributed by atoms with Gasteiger partial charge in [0.2, 0.25) is 5.91 Å². The fourth-order valence-electron chi connectivity index (χ4n) is 2.17. The van der Waals surface area contributed by atoms with E-state index in [0.717, 1.165) is 25.7 Å². The van der Waals surface area contributed by atoms with Gasteiger partial charge in [-0.2, -0.15) is 0 Å². The number of hydrogen-bond donors (Lipinski definition) is 2. The number of rotatable bonds is 4. The van der Waals surface area contributed by atoms with E-state index in [9.17, 15) is 9.59 Å². The molecule has 2 N–H and O–H groups in total. The topological polar surface area (TPSA) is 66.4 Å². The van der Waals surface area contributed by atoms with Crippen molar-refractivity contribution in [1.82, 2.24) is 5.32 Å². The third kappa shape index (κ3) is 3.83. The highest BCUT2D eigenvalue weighted by atomic mass is 16.4. The zero-order valence-electron chi connectivity index (χ0n) is 9.87. The summed E-state index contributed by atoms with van der Waals surface area (Å²) in [6.45, 7) is 1.77. The maximum Gasteiger partial charge on any atom is 0.326 e. The second kappa shape index (κ2) is 6.51. The molecular weight excluding hydrogens is 206 g/mol. The molecule has 1 saturated carbocycles. The van der Waals surface area contributed by atoms with Gasteiger partial charge in [-0.1, -0.05) is 32.6 Å². The summed E-state index contributed by atoms with van der Waals surface area (Å²) in [6.07, 6.45) is 6.81. The van der Waals surface area contributed by atoms with Crippen molar-refractivity contribution in [2.45, 2.75) is 57.9 Å². The second-order valence-electron chi connectivity index (χ2n) is 4.50. The summed E-state index contributed by atoms with van der Waals surface area (Å²) in [6, 6.07) is -0.726. The summed E-state index contributed by atoms with van der Waals surface area (Å²) in [5.41, 5.74) is 0. The largest absolute Gasteiger partial charge is 0.480 e. The number of carbonyl (C=O) groups is 2. The van der Waals surface area contributed by atoms with E-state index in [1.165, 1.54) is 12.8 Å². The molecule has 4 nitrogen and oxygen atoms in total. The lowest BCUT2D eigenvalue weighted by Crippen LogP contribution is -2.43. The van der Waals surface area contributed by atoms with E-state index in [4.69, 9.17) is 5.11 Å². The summed E-state index contributed by atoms with van der Waals surface area (Å²) in [5.74, 6) is -0.989. The first-order valence-corrected chi connectivity index (χ1v) is 6.18. The molecule has 16 heavy (non-hydrogen) atoms. The van der Waals surface area contributed by atoms with Crippen LogP contribution in [0, 0.1) is 5.92 Å². The normalized spacial score (nSPS) is 19.8. The standard InChI is InChI=1S/C12H21NO3/c1-2-10(12(15)16)13-11(14)9-7-5-3-4-6-8-9/h9-10H,2-8H2,1H3,(H,13,14)(H,15,16)/t10-/m0/s1. The summed E-state index contributed by atoms with van der Waals surface area (Å²) in [5, 5.41) is 11.5. The molecule has 1 amide bonds. The third-order valence-electron chi connectivity index (χ3n) is 3.25. The minimum atomic E-state index is -0.940. The number of carboxylic acids is 1. The van der Waals surface area contributed by atoms with E-state index < -0.39 is 12.0 Å². The van der Waals surface area contributed by atoms with Crippen LogP contribution in [0.2, 0.25) is 0 Å². The number of carboxylic acid groups (broad SMARTS) is 1. The fourth-order valence-corrected chi connectivity index (χ4v) is 2.17. The van der Waals surface area contributed by atoms with Gasteiger partial charge in [0.25, 0.3) is 0 Å². The number of hydrogen-bond acceptors (Lipinski definition) is 2. The molecule has 1 fully saturated rings. The van der Waals surface area contributed by atoms with Crippen LogP contribution in [0.3, 0.4) is 0 Å². The average Bonchev–Trinajstić information content (AvgIpc) is 2.53. The Kier molecular flexibility index (Phi) is 5.29. The van der Waals surface area contributed by atoms with Gasteiger partial charge in [0.05, 0.1) is 0 Å². The molecule has 0 saturated heterocycles. The summed E-state index contributed by atoms with van der Waals surface area (Å²) in [4.78, 5) is 22.7. The number of amides is 1. The Labute approximate surface area is 96.4 Å². The maximum atomic E-state index is 11.9. The van der Waals surface area contributed by atoms with Gasteiger partial charge in [0.15, 0.2) is 0 Å². The average molecular weight is 227 g/mol. The predicted molar refractivity (Wildman–Crippen MR) is 61.0 cm³/mol. The van der Waals surface area contributed by atoms with Crippen molar-refractivity contribution in [2.75, 3.05) is 0 Å². The van der Waals surface area contributed by atoms with Crippen LogP contribution in [0.15, 0.2) is 0 Å². The Morgan fingerprint density at radius 3 is 2.25 bits per heavy atom. The van der Waals surface area contributed by atoms with Crippen LogP contribution in [0.5, 0.6) is 0 Å². The highest BCUT2D eigenvalue weighted by Crippen LogP contribution is 2.23. The Bertz CT molecular complexity index is 245. The van der Waals surface area contributed by atoms with Crippen LogP contribution in [0.25, 0.3) is 0 Å². The Morgan fingerprint density at radius 1 is 1.25 bits per heavy atom. The van der Waals surface area contributed by atoms with E-state index in [1.807, 2.05) is 0 Å². The Morgan fingerprint density at radius 2 is 1.81 bits per heavy atom. The molecule has 1 aliphatic rings. The monoisotopic (exact) mass is 227 g/mol. The first-order valence-electron chi connectivity index (χ1n) is 6.18. The molecule has 0 unspecified atom stereocenters. The third-order valence-corrected chi connectivity index (χ3v) is 3.25. The van der Waals surface area contributed by atoms with Gasteiger partial charge in [-0.25, -0.2) is 4.79 Å². The van der Waals surface area contributed by atoms with E-state index >= 15 is 0 Å². The van der Waals surface area contributed by atoms with Crippen molar-refractivity contribution in [3.8, 4) is 0 Å².